The van der Waals surface area contributed by atoms with Crippen molar-refractivity contribution >= 4 is 17.0 Å². The van der Waals surface area contributed by atoms with Crippen LogP contribution in [-0.4, -0.2) is 30.2 Å². The van der Waals surface area contributed by atoms with E-state index in [0.717, 1.165) is 28.0 Å². The first-order chi connectivity index (χ1) is 12.9. The summed E-state index contributed by atoms with van der Waals surface area (Å²) in [4.78, 5) is 21.4. The van der Waals surface area contributed by atoms with Crippen LogP contribution in [0.15, 0.2) is 30.3 Å². The summed E-state index contributed by atoms with van der Waals surface area (Å²) in [5, 5.41) is 0. The molecule has 1 aromatic heterocycles. The van der Waals surface area contributed by atoms with E-state index in [1.807, 2.05) is 32.9 Å². The molecule has 1 heterocycles. The van der Waals surface area contributed by atoms with Gasteiger partial charge in [0.2, 0.25) is 0 Å². The van der Waals surface area contributed by atoms with E-state index in [2.05, 4.69) is 9.97 Å². The lowest BCUT2D eigenvalue weighted by Gasteiger charge is -2.13. The van der Waals surface area contributed by atoms with Gasteiger partial charge in [0.1, 0.15) is 6.61 Å². The Balaban J connectivity index is 1.80. The normalized spacial score (nSPS) is 10.7. The summed E-state index contributed by atoms with van der Waals surface area (Å²) in [5.74, 6) is 0.830. The lowest BCUT2D eigenvalue weighted by molar-refractivity contribution is 0.0472. The van der Waals surface area contributed by atoms with Gasteiger partial charge >= 0.3 is 5.97 Å². The van der Waals surface area contributed by atoms with Crippen LogP contribution in [0.25, 0.3) is 11.0 Å². The van der Waals surface area contributed by atoms with Gasteiger partial charge in [-0.05, 0) is 62.2 Å². The van der Waals surface area contributed by atoms with E-state index >= 15 is 0 Å². The summed E-state index contributed by atoms with van der Waals surface area (Å²) >= 11 is 0. The maximum atomic E-state index is 12.5. The maximum absolute atomic E-state index is 12.5. The summed E-state index contributed by atoms with van der Waals surface area (Å²) in [5.41, 5.74) is 5.40. The van der Waals surface area contributed by atoms with Crippen LogP contribution in [0.4, 0.5) is 0 Å². The predicted octanol–water partition coefficient (Wildman–Crippen LogP) is 3.93. The molecule has 140 valence electrons. The van der Waals surface area contributed by atoms with Gasteiger partial charge in [-0.15, -0.1) is 0 Å². The van der Waals surface area contributed by atoms with Gasteiger partial charge in [-0.3, -0.25) is 0 Å². The average Bonchev–Trinajstić information content (AvgIpc) is 2.67. The van der Waals surface area contributed by atoms with E-state index in [4.69, 9.17) is 14.2 Å². The number of aryl methyl sites for hydroxylation is 3. The fourth-order valence-electron chi connectivity index (χ4n) is 2.76. The molecular formula is C21H22N2O4. The molecule has 0 radical (unpaired) electrons. The highest BCUT2D eigenvalue weighted by atomic mass is 16.5. The third kappa shape index (κ3) is 3.84. The van der Waals surface area contributed by atoms with Gasteiger partial charge in [-0.1, -0.05) is 0 Å². The third-order valence-electron chi connectivity index (χ3n) is 4.51. The topological polar surface area (TPSA) is 70.5 Å². The molecule has 0 N–H and O–H groups in total. The van der Waals surface area contributed by atoms with Gasteiger partial charge < -0.3 is 14.2 Å². The zero-order valence-electron chi connectivity index (χ0n) is 16.1. The Morgan fingerprint density at radius 3 is 2.19 bits per heavy atom. The van der Waals surface area contributed by atoms with Gasteiger partial charge in [-0.2, -0.15) is 0 Å². The molecule has 0 fully saturated rings. The lowest BCUT2D eigenvalue weighted by Crippen LogP contribution is -2.07. The second-order valence-corrected chi connectivity index (χ2v) is 6.31. The lowest BCUT2D eigenvalue weighted by atomic mass is 10.1. The van der Waals surface area contributed by atoms with Crippen molar-refractivity contribution in [1.29, 1.82) is 0 Å². The molecule has 0 unspecified atom stereocenters. The van der Waals surface area contributed by atoms with Crippen LogP contribution < -0.4 is 9.47 Å². The number of esters is 1. The van der Waals surface area contributed by atoms with Crippen molar-refractivity contribution in [3.63, 3.8) is 0 Å². The minimum absolute atomic E-state index is 0.141. The molecule has 27 heavy (non-hydrogen) atoms. The Morgan fingerprint density at radius 1 is 0.889 bits per heavy atom. The Bertz CT molecular complexity index is 1010. The van der Waals surface area contributed by atoms with E-state index in [0.29, 0.717) is 22.6 Å². The van der Waals surface area contributed by atoms with Crippen molar-refractivity contribution in [3.05, 3.63) is 58.4 Å². The van der Waals surface area contributed by atoms with E-state index in [9.17, 15) is 4.79 Å². The molecule has 0 aliphatic carbocycles. The van der Waals surface area contributed by atoms with Gasteiger partial charge in [0.25, 0.3) is 0 Å². The number of nitrogens with zero attached hydrogens (tertiary/aromatic N) is 2. The molecule has 2 aromatic carbocycles. The number of rotatable bonds is 5. The second-order valence-electron chi connectivity index (χ2n) is 6.31. The van der Waals surface area contributed by atoms with Crippen LogP contribution in [0, 0.1) is 20.8 Å². The van der Waals surface area contributed by atoms with Crippen molar-refractivity contribution in [1.82, 2.24) is 9.97 Å². The zero-order valence-corrected chi connectivity index (χ0v) is 16.1. The number of aromatic nitrogens is 2. The van der Waals surface area contributed by atoms with Crippen LogP contribution in [-0.2, 0) is 11.3 Å². The van der Waals surface area contributed by atoms with E-state index in [-0.39, 0.29) is 6.61 Å². The molecule has 3 rings (SSSR count). The summed E-state index contributed by atoms with van der Waals surface area (Å²) < 4.78 is 16.1. The van der Waals surface area contributed by atoms with E-state index in [1.54, 1.807) is 32.4 Å². The second kappa shape index (κ2) is 7.61. The van der Waals surface area contributed by atoms with Crippen LogP contribution in [0.5, 0.6) is 11.5 Å². The van der Waals surface area contributed by atoms with Gasteiger partial charge in [0.15, 0.2) is 11.5 Å². The number of fused-ring (bicyclic) bond motifs is 1. The van der Waals surface area contributed by atoms with Crippen LogP contribution in [0.2, 0.25) is 0 Å². The molecule has 0 aliphatic rings. The number of carbonyl (C=O) groups is 1. The fraction of sp³-hybridized carbons (Fsp3) is 0.286. The molecule has 6 heteroatoms. The molecule has 0 spiro atoms. The van der Waals surface area contributed by atoms with Gasteiger partial charge in [-0.25, -0.2) is 14.8 Å². The monoisotopic (exact) mass is 366 g/mol. The van der Waals surface area contributed by atoms with Crippen LogP contribution in [0.3, 0.4) is 0 Å². The Morgan fingerprint density at radius 2 is 1.52 bits per heavy atom. The summed E-state index contributed by atoms with van der Waals surface area (Å²) in [6, 6.07) is 8.87. The number of carbonyl (C=O) groups excluding carboxylic acids is 1. The number of hydrogen-bond donors (Lipinski definition) is 0. The highest BCUT2D eigenvalue weighted by Gasteiger charge is 2.13. The zero-order chi connectivity index (χ0) is 19.6. The standard InChI is InChI=1S/C21H22N2O4/c1-12-8-19(25-4)20(26-5)10-16(12)11-27-21(24)15-6-7-17-18(9-15)23-14(3)13(2)22-17/h6-10H,11H2,1-5H3. The van der Waals surface area contributed by atoms with Crippen molar-refractivity contribution in [2.24, 2.45) is 0 Å². The smallest absolute Gasteiger partial charge is 0.338 e. The third-order valence-corrected chi connectivity index (χ3v) is 4.51. The van der Waals surface area contributed by atoms with Crippen LogP contribution in [0.1, 0.15) is 32.9 Å². The molecule has 0 atom stereocenters. The Hall–Kier alpha value is -3.15. The minimum Gasteiger partial charge on any atom is -0.493 e. The average molecular weight is 366 g/mol. The Kier molecular flexibility index (Phi) is 5.26. The number of benzene rings is 2. The van der Waals surface area contributed by atoms with Crippen LogP contribution >= 0.6 is 0 Å². The van der Waals surface area contributed by atoms with Crippen molar-refractivity contribution in [2.45, 2.75) is 27.4 Å². The number of ether oxygens (including phenoxy) is 3. The number of hydrogen-bond acceptors (Lipinski definition) is 6. The molecule has 0 aliphatic heterocycles. The first-order valence-corrected chi connectivity index (χ1v) is 8.56. The fourth-order valence-corrected chi connectivity index (χ4v) is 2.76. The quantitative estimate of drug-likeness (QED) is 0.637. The van der Waals surface area contributed by atoms with Crippen molar-refractivity contribution in [3.8, 4) is 11.5 Å². The molecule has 0 saturated heterocycles. The molecule has 0 amide bonds. The van der Waals surface area contributed by atoms with Gasteiger partial charge in [0, 0.05) is 0 Å². The van der Waals surface area contributed by atoms with E-state index < -0.39 is 5.97 Å². The molecular weight excluding hydrogens is 344 g/mol. The summed E-state index contributed by atoms with van der Waals surface area (Å²) in [6.45, 7) is 5.88. The largest absolute Gasteiger partial charge is 0.493 e. The van der Waals surface area contributed by atoms with E-state index in [1.165, 1.54) is 0 Å². The predicted molar refractivity (Wildman–Crippen MR) is 102 cm³/mol. The first-order valence-electron chi connectivity index (χ1n) is 8.56. The molecule has 0 bridgehead atoms. The maximum Gasteiger partial charge on any atom is 0.338 e. The highest BCUT2D eigenvalue weighted by molar-refractivity contribution is 5.93. The SMILES string of the molecule is COc1cc(C)c(COC(=O)c2ccc3nc(C)c(C)nc3c2)cc1OC. The van der Waals surface area contributed by atoms with Crippen molar-refractivity contribution in [2.75, 3.05) is 14.2 Å². The molecule has 0 saturated carbocycles. The first kappa shape index (κ1) is 18.6. The minimum atomic E-state index is -0.411. The summed E-state index contributed by atoms with van der Waals surface area (Å²) in [6.07, 6.45) is 0. The van der Waals surface area contributed by atoms with Gasteiger partial charge in [0.05, 0.1) is 42.2 Å². The van der Waals surface area contributed by atoms with Crippen molar-refractivity contribution < 1.29 is 19.0 Å². The summed E-state index contributed by atoms with van der Waals surface area (Å²) in [7, 11) is 3.16. The Labute approximate surface area is 158 Å². The number of methoxy groups -OCH3 is 2. The molecule has 6 nitrogen and oxygen atoms in total. The highest BCUT2D eigenvalue weighted by Crippen LogP contribution is 2.30. The molecule has 3 aromatic rings.